The number of carbonyl (C=O) groups excluding carboxylic acids is 1. The third kappa shape index (κ3) is 6.99. The first-order valence-electron chi connectivity index (χ1n) is 14.4. The van der Waals surface area contributed by atoms with Crippen LogP contribution >= 0.6 is 0 Å². The highest BCUT2D eigenvalue weighted by Gasteiger charge is 2.29. The van der Waals surface area contributed by atoms with E-state index in [1.165, 1.54) is 12.4 Å². The van der Waals surface area contributed by atoms with E-state index in [1.807, 2.05) is 63.8 Å². The number of likely N-dealkylation sites (N-methyl/N-ethyl adjacent to an activating group) is 2. The number of methoxy groups -OCH3 is 1. The summed E-state index contributed by atoms with van der Waals surface area (Å²) in [5.41, 5.74) is 5.33. The Hall–Kier alpha value is -4.94. The number of nitrogens with one attached hydrogen (secondary N) is 2. The standard InChI is InChI=1S/C32H39N9O3/c1-7-32(42)37-25-16-26(29(43-6)17-28(25)39(4)13-12-38(2)3)36-30-18-31(34-21-33-30)41-27(11-14-44-41)23-10-8-9-22(15-23)24-19-35-40(5)20-24/h7-10,15-21,27H,1,11-14H2,2-6H3,(H,37,42)(H,33,34,36). The molecule has 230 valence electrons. The maximum Gasteiger partial charge on any atom is 0.247 e. The highest BCUT2D eigenvalue weighted by Crippen LogP contribution is 2.39. The van der Waals surface area contributed by atoms with Gasteiger partial charge in [-0.1, -0.05) is 24.8 Å². The van der Waals surface area contributed by atoms with Crippen LogP contribution in [-0.4, -0.2) is 78.5 Å². The highest BCUT2D eigenvalue weighted by atomic mass is 16.7. The first-order valence-corrected chi connectivity index (χ1v) is 14.4. The van der Waals surface area contributed by atoms with Gasteiger partial charge in [-0.3, -0.25) is 14.3 Å². The van der Waals surface area contributed by atoms with Crippen LogP contribution in [0.25, 0.3) is 11.1 Å². The van der Waals surface area contributed by atoms with E-state index in [2.05, 4.69) is 66.3 Å². The Morgan fingerprint density at radius 2 is 1.98 bits per heavy atom. The summed E-state index contributed by atoms with van der Waals surface area (Å²) in [6.07, 6.45) is 7.42. The van der Waals surface area contributed by atoms with Crippen LogP contribution in [0.2, 0.25) is 0 Å². The monoisotopic (exact) mass is 597 g/mol. The number of ether oxygens (including phenoxy) is 1. The van der Waals surface area contributed by atoms with E-state index in [-0.39, 0.29) is 11.9 Å². The van der Waals surface area contributed by atoms with Crippen molar-refractivity contribution in [2.75, 3.05) is 68.5 Å². The van der Waals surface area contributed by atoms with Crippen LogP contribution in [0.5, 0.6) is 5.75 Å². The molecule has 0 aliphatic carbocycles. The van der Waals surface area contributed by atoms with Crippen molar-refractivity contribution in [3.8, 4) is 16.9 Å². The normalized spacial score (nSPS) is 14.5. The van der Waals surface area contributed by atoms with Gasteiger partial charge < -0.3 is 25.2 Å². The zero-order valence-corrected chi connectivity index (χ0v) is 25.8. The molecule has 1 aliphatic heterocycles. The van der Waals surface area contributed by atoms with Gasteiger partial charge in [0.25, 0.3) is 0 Å². The Morgan fingerprint density at radius 1 is 1.14 bits per heavy atom. The third-order valence-corrected chi connectivity index (χ3v) is 7.41. The van der Waals surface area contributed by atoms with Crippen LogP contribution in [0.15, 0.2) is 73.8 Å². The van der Waals surface area contributed by atoms with Crippen LogP contribution in [0.4, 0.5) is 28.7 Å². The summed E-state index contributed by atoms with van der Waals surface area (Å²) in [4.78, 5) is 31.6. The topological polar surface area (TPSA) is 113 Å². The fraction of sp³-hybridized carbons (Fsp3) is 0.312. The molecule has 1 aliphatic rings. The molecule has 0 spiro atoms. The molecule has 2 aromatic carbocycles. The Bertz CT molecular complexity index is 1620. The lowest BCUT2D eigenvalue weighted by Crippen LogP contribution is -2.29. The molecular formula is C32H39N9O3. The van der Waals surface area contributed by atoms with Crippen molar-refractivity contribution in [3.63, 3.8) is 0 Å². The van der Waals surface area contributed by atoms with E-state index in [4.69, 9.17) is 9.57 Å². The SMILES string of the molecule is C=CC(=O)Nc1cc(Nc2cc(N3OCCC3c3cccc(-c4cnn(C)c4)c3)ncn2)c(OC)cc1N(C)CCN(C)C. The van der Waals surface area contributed by atoms with Gasteiger partial charge in [-0.15, -0.1) is 0 Å². The molecular weight excluding hydrogens is 558 g/mol. The number of nitrogens with zero attached hydrogens (tertiary/aromatic N) is 7. The van der Waals surface area contributed by atoms with Crippen molar-refractivity contribution in [2.24, 2.45) is 7.05 Å². The minimum Gasteiger partial charge on any atom is -0.494 e. The maximum absolute atomic E-state index is 12.3. The van der Waals surface area contributed by atoms with Gasteiger partial charge in [0.15, 0.2) is 5.82 Å². The van der Waals surface area contributed by atoms with E-state index in [0.717, 1.165) is 41.9 Å². The van der Waals surface area contributed by atoms with Gasteiger partial charge in [-0.05, 0) is 43.4 Å². The second-order valence-electron chi connectivity index (χ2n) is 10.9. The number of hydrogen-bond donors (Lipinski definition) is 2. The van der Waals surface area contributed by atoms with E-state index in [9.17, 15) is 4.79 Å². The lowest BCUT2D eigenvalue weighted by atomic mass is 9.99. The summed E-state index contributed by atoms with van der Waals surface area (Å²) < 4.78 is 7.55. The summed E-state index contributed by atoms with van der Waals surface area (Å²) in [5.74, 6) is 1.45. The Kier molecular flexibility index (Phi) is 9.41. The molecule has 2 aromatic heterocycles. The van der Waals surface area contributed by atoms with Gasteiger partial charge in [0.2, 0.25) is 5.91 Å². The molecule has 0 bridgehead atoms. The predicted octanol–water partition coefficient (Wildman–Crippen LogP) is 4.63. The number of anilines is 5. The molecule has 5 rings (SSSR count). The molecule has 12 nitrogen and oxygen atoms in total. The fourth-order valence-corrected chi connectivity index (χ4v) is 5.07. The fourth-order valence-electron chi connectivity index (χ4n) is 5.07. The quantitative estimate of drug-likeness (QED) is 0.224. The average Bonchev–Trinajstić information content (AvgIpc) is 3.70. The molecule has 4 aromatic rings. The van der Waals surface area contributed by atoms with Crippen molar-refractivity contribution in [2.45, 2.75) is 12.5 Å². The zero-order valence-electron chi connectivity index (χ0n) is 25.8. The van der Waals surface area contributed by atoms with E-state index in [1.54, 1.807) is 11.8 Å². The summed E-state index contributed by atoms with van der Waals surface area (Å²) in [6.45, 7) is 5.75. The lowest BCUT2D eigenvalue weighted by Gasteiger charge is -2.26. The van der Waals surface area contributed by atoms with Crippen molar-refractivity contribution in [3.05, 3.63) is 79.4 Å². The van der Waals surface area contributed by atoms with Crippen molar-refractivity contribution in [1.82, 2.24) is 24.6 Å². The molecule has 1 atom stereocenters. The van der Waals surface area contributed by atoms with Gasteiger partial charge >= 0.3 is 0 Å². The molecule has 0 radical (unpaired) electrons. The molecule has 1 unspecified atom stereocenters. The smallest absolute Gasteiger partial charge is 0.247 e. The molecule has 44 heavy (non-hydrogen) atoms. The number of carbonyl (C=O) groups is 1. The number of hydroxylamine groups is 1. The number of benzene rings is 2. The van der Waals surface area contributed by atoms with Crippen molar-refractivity contribution < 1.29 is 14.4 Å². The van der Waals surface area contributed by atoms with Gasteiger partial charge in [-0.25, -0.2) is 15.0 Å². The minimum absolute atomic E-state index is 0.0263. The van der Waals surface area contributed by atoms with E-state index < -0.39 is 0 Å². The second kappa shape index (κ2) is 13.6. The summed E-state index contributed by atoms with van der Waals surface area (Å²) in [7, 11) is 9.54. The third-order valence-electron chi connectivity index (χ3n) is 7.41. The van der Waals surface area contributed by atoms with Gasteiger partial charge in [0, 0.05) is 57.5 Å². The Morgan fingerprint density at radius 3 is 2.70 bits per heavy atom. The number of hydrogen-bond acceptors (Lipinski definition) is 10. The average molecular weight is 598 g/mol. The number of rotatable bonds is 12. The molecule has 1 fully saturated rings. The Balaban J connectivity index is 1.42. The Labute approximate surface area is 257 Å². The molecule has 2 N–H and O–H groups in total. The summed E-state index contributed by atoms with van der Waals surface area (Å²) in [5, 5.41) is 12.4. The van der Waals surface area contributed by atoms with Crippen LogP contribution in [-0.2, 0) is 16.7 Å². The largest absolute Gasteiger partial charge is 0.494 e. The zero-order chi connectivity index (χ0) is 31.2. The van der Waals surface area contributed by atoms with E-state index in [0.29, 0.717) is 35.4 Å². The second-order valence-corrected chi connectivity index (χ2v) is 10.9. The number of amides is 1. The molecule has 12 heteroatoms. The molecule has 3 heterocycles. The van der Waals surface area contributed by atoms with Crippen molar-refractivity contribution >= 4 is 34.6 Å². The van der Waals surface area contributed by atoms with Crippen LogP contribution in [0.1, 0.15) is 18.0 Å². The van der Waals surface area contributed by atoms with Crippen LogP contribution < -0.4 is 25.3 Å². The van der Waals surface area contributed by atoms with Crippen LogP contribution in [0.3, 0.4) is 0 Å². The minimum atomic E-state index is -0.308. The van der Waals surface area contributed by atoms with Gasteiger partial charge in [0.05, 0.1) is 43.0 Å². The molecule has 0 saturated carbocycles. The van der Waals surface area contributed by atoms with E-state index >= 15 is 0 Å². The number of aromatic nitrogens is 4. The molecule has 1 saturated heterocycles. The van der Waals surface area contributed by atoms with Crippen LogP contribution in [0, 0.1) is 0 Å². The first-order chi connectivity index (χ1) is 21.2. The summed E-state index contributed by atoms with van der Waals surface area (Å²) >= 11 is 0. The predicted molar refractivity (Wildman–Crippen MR) is 173 cm³/mol. The summed E-state index contributed by atoms with van der Waals surface area (Å²) in [6, 6.07) is 14.0. The lowest BCUT2D eigenvalue weighted by molar-refractivity contribution is -0.111. The maximum atomic E-state index is 12.3. The number of aryl methyl sites for hydroxylation is 1. The van der Waals surface area contributed by atoms with Gasteiger partial charge in [0.1, 0.15) is 17.9 Å². The van der Waals surface area contributed by atoms with Gasteiger partial charge in [-0.2, -0.15) is 5.10 Å². The first kappa shape index (κ1) is 30.5. The van der Waals surface area contributed by atoms with Crippen molar-refractivity contribution in [1.29, 1.82) is 0 Å². The molecule has 1 amide bonds. The highest BCUT2D eigenvalue weighted by molar-refractivity contribution is 6.02.